The number of ketones is 2. The number of rotatable bonds is 14. The van der Waals surface area contributed by atoms with Gasteiger partial charge in [0.05, 0.1) is 12.1 Å². The van der Waals surface area contributed by atoms with Gasteiger partial charge in [0, 0.05) is 56.5 Å². The van der Waals surface area contributed by atoms with Gasteiger partial charge in [-0.25, -0.2) is 14.4 Å². The van der Waals surface area contributed by atoms with E-state index < -0.39 is 41.4 Å². The van der Waals surface area contributed by atoms with Gasteiger partial charge >= 0.3 is 18.2 Å². The van der Waals surface area contributed by atoms with E-state index in [1.807, 2.05) is 49.9 Å². The molecule has 3 amide bonds. The van der Waals surface area contributed by atoms with Gasteiger partial charge in [-0.15, -0.1) is 0 Å². The Bertz CT molecular complexity index is 2070. The van der Waals surface area contributed by atoms with E-state index in [-0.39, 0.29) is 35.7 Å². The van der Waals surface area contributed by atoms with E-state index in [2.05, 4.69) is 35.6 Å². The van der Waals surface area contributed by atoms with Gasteiger partial charge in [-0.3, -0.25) is 24.2 Å². The van der Waals surface area contributed by atoms with Crippen molar-refractivity contribution in [3.63, 3.8) is 0 Å². The third-order valence-electron chi connectivity index (χ3n) is 12.5. The van der Waals surface area contributed by atoms with Crippen LogP contribution in [0.2, 0.25) is 0 Å². The molecule has 4 heterocycles. The molecule has 0 unspecified atom stereocenters. The van der Waals surface area contributed by atoms with E-state index >= 15 is 0 Å². The van der Waals surface area contributed by atoms with Crippen molar-refractivity contribution in [3.8, 4) is 0 Å². The number of nitrogens with zero attached hydrogens (tertiary/aromatic N) is 3. The maximum absolute atomic E-state index is 13.0. The predicted molar refractivity (Wildman–Crippen MR) is 251 cm³/mol. The van der Waals surface area contributed by atoms with E-state index in [0.717, 1.165) is 50.4 Å². The molecule has 0 bridgehead atoms. The molecule has 4 fully saturated rings. The lowest BCUT2D eigenvalue weighted by atomic mass is 9.89. The second-order valence-corrected chi connectivity index (χ2v) is 20.4. The molecule has 0 aromatic heterocycles. The highest BCUT2D eigenvalue weighted by Crippen LogP contribution is 2.39. The smallest absolute Gasteiger partial charge is 0.410 e. The van der Waals surface area contributed by atoms with Gasteiger partial charge in [-0.05, 0) is 133 Å². The highest BCUT2D eigenvalue weighted by atomic mass is 16.6. The number of carboxylic acids is 1. The summed E-state index contributed by atoms with van der Waals surface area (Å²) in [4.78, 5) is 78.4. The van der Waals surface area contributed by atoms with Gasteiger partial charge in [-0.2, -0.15) is 0 Å². The summed E-state index contributed by atoms with van der Waals surface area (Å²) >= 11 is 0. The molecular weight excluding hydrogens is 825 g/mol. The Morgan fingerprint density at radius 3 is 1.62 bits per heavy atom. The number of likely N-dealkylation sites (tertiary alicyclic amines) is 2. The lowest BCUT2D eigenvalue weighted by molar-refractivity contribution is -0.132. The van der Waals surface area contributed by atoms with E-state index in [9.17, 15) is 28.8 Å². The largest absolute Gasteiger partial charge is 0.478 e. The number of carbonyl (C=O) groups is 6. The number of aliphatic carboxylic acids is 1. The molecular formula is C52H70N4O9. The molecule has 352 valence electrons. The maximum atomic E-state index is 13.0. The quantitative estimate of drug-likeness (QED) is 0.175. The number of ether oxygens (including phenoxy) is 2. The first kappa shape index (κ1) is 49.0. The number of anilines is 2. The van der Waals surface area contributed by atoms with Crippen molar-refractivity contribution >= 4 is 47.0 Å². The molecule has 13 nitrogen and oxygen atoms in total. The van der Waals surface area contributed by atoms with Crippen molar-refractivity contribution in [1.82, 2.24) is 9.80 Å². The molecule has 0 spiro atoms. The first-order valence-corrected chi connectivity index (χ1v) is 23.7. The second kappa shape index (κ2) is 21.7. The number of hydrogen-bond acceptors (Lipinski definition) is 9. The fourth-order valence-corrected chi connectivity index (χ4v) is 8.67. The average Bonchev–Trinajstić information content (AvgIpc) is 4.09. The molecule has 2 aromatic rings. The molecule has 13 heteroatoms. The van der Waals surface area contributed by atoms with Gasteiger partial charge in [0.2, 0.25) is 0 Å². The molecule has 2 saturated heterocycles. The highest BCUT2D eigenvalue weighted by Gasteiger charge is 2.42. The minimum atomic E-state index is -0.998. The monoisotopic (exact) mass is 895 g/mol. The van der Waals surface area contributed by atoms with Gasteiger partial charge in [0.1, 0.15) is 11.2 Å². The number of hydrogen-bond donors (Lipinski definition) is 2. The lowest BCUT2D eigenvalue weighted by Crippen LogP contribution is -2.56. The number of carboxylic acid groups (broad SMARTS) is 1. The summed E-state index contributed by atoms with van der Waals surface area (Å²) in [5, 5.41) is 12.1. The molecule has 2 aromatic carbocycles. The van der Waals surface area contributed by atoms with Gasteiger partial charge in [-0.1, -0.05) is 74.2 Å². The summed E-state index contributed by atoms with van der Waals surface area (Å²) in [7, 11) is 0. The van der Waals surface area contributed by atoms with Gasteiger partial charge in [0.25, 0.3) is 5.91 Å². The van der Waals surface area contributed by atoms with Crippen LogP contribution in [0, 0.1) is 23.7 Å². The SMILES string of the molecule is CC(C)(C)OC(=O)N1CC[C@H]1C(=O)C[C@H](/C=C/C(=O)N1CCc2ccccc21)CC1CC1.CC(C)(C)OC(=O)N1CC[C@H]1C(=O)C[C@H](/C=C/C(=O)O)CC1CC1.c1ccc2c(c1)CCN2. The predicted octanol–water partition coefficient (Wildman–Crippen LogP) is 9.18. The van der Waals surface area contributed by atoms with Crippen molar-refractivity contribution in [2.24, 2.45) is 23.7 Å². The van der Waals surface area contributed by atoms with Crippen LogP contribution in [0.3, 0.4) is 0 Å². The molecule has 0 radical (unpaired) electrons. The van der Waals surface area contributed by atoms with Crippen LogP contribution in [-0.4, -0.2) is 100 Å². The molecule has 2 aliphatic carbocycles. The van der Waals surface area contributed by atoms with E-state index in [4.69, 9.17) is 14.6 Å². The van der Waals surface area contributed by atoms with Crippen LogP contribution in [0.4, 0.5) is 21.0 Å². The van der Waals surface area contributed by atoms with Crippen LogP contribution in [0.5, 0.6) is 0 Å². The van der Waals surface area contributed by atoms with Crippen LogP contribution in [0.1, 0.15) is 117 Å². The average molecular weight is 895 g/mol. The van der Waals surface area contributed by atoms with E-state index in [1.54, 1.807) is 32.9 Å². The molecule has 2 N–H and O–H groups in total. The number of carbonyl (C=O) groups excluding carboxylic acids is 5. The fourth-order valence-electron chi connectivity index (χ4n) is 8.67. The first-order valence-electron chi connectivity index (χ1n) is 23.7. The van der Waals surface area contributed by atoms with E-state index in [1.165, 1.54) is 45.9 Å². The Balaban J connectivity index is 0.000000185. The summed E-state index contributed by atoms with van der Waals surface area (Å²) in [5.41, 5.74) is 3.80. The number of fused-ring (bicyclic) bond motifs is 2. The van der Waals surface area contributed by atoms with Crippen LogP contribution in [-0.2, 0) is 41.5 Å². The zero-order valence-corrected chi connectivity index (χ0v) is 39.3. The first-order chi connectivity index (χ1) is 30.8. The summed E-state index contributed by atoms with van der Waals surface area (Å²) in [5.74, 6) is 0.238. The minimum absolute atomic E-state index is 0.00667. The summed E-state index contributed by atoms with van der Waals surface area (Å²) < 4.78 is 10.8. The van der Waals surface area contributed by atoms with Gasteiger partial charge in [0.15, 0.2) is 11.6 Å². The summed E-state index contributed by atoms with van der Waals surface area (Å²) in [6.07, 6.45) is 15.9. The number of allylic oxidation sites excluding steroid dienone is 2. The molecule has 4 aliphatic heterocycles. The van der Waals surface area contributed by atoms with Crippen molar-refractivity contribution in [2.45, 2.75) is 142 Å². The van der Waals surface area contributed by atoms with Crippen LogP contribution >= 0.6 is 0 Å². The molecule has 2 saturated carbocycles. The Labute approximate surface area is 385 Å². The van der Waals surface area contributed by atoms with Crippen LogP contribution in [0.25, 0.3) is 0 Å². The Morgan fingerprint density at radius 1 is 0.662 bits per heavy atom. The van der Waals surface area contributed by atoms with Crippen molar-refractivity contribution < 1.29 is 43.3 Å². The lowest BCUT2D eigenvalue weighted by Gasteiger charge is -2.40. The molecule has 4 atom stereocenters. The van der Waals surface area contributed by atoms with Gasteiger partial charge < -0.3 is 24.8 Å². The Hall–Kier alpha value is -5.46. The van der Waals surface area contributed by atoms with E-state index in [0.29, 0.717) is 50.7 Å². The number of nitrogens with one attached hydrogen (secondary N) is 1. The summed E-state index contributed by atoms with van der Waals surface area (Å²) in [6, 6.07) is 15.6. The van der Waals surface area contributed by atoms with Crippen LogP contribution in [0.15, 0.2) is 72.8 Å². The standard InChI is InChI=1S/C26H34N2O4.C18H27NO5.C8H9N/c1-26(2,3)32-25(31)28-15-13-22(28)23(29)17-19(16-18-8-9-18)10-11-24(30)27-14-12-20-6-4-5-7-21(20)27;1-18(2,3)24-17(23)19-9-8-14(19)15(20)11-13(6-7-16(21)22)10-12-4-5-12;1-2-4-8-7(3-1)5-6-9-8/h4-7,10-11,18-19,22H,8-9,12-17H2,1-3H3;6-7,12-14H,4-5,8-11H2,1-3H3,(H,21,22);1-4,9H,5-6H2/b11-10+;7-6+;/t19-,22+;13-,14+;/m11./s1. The van der Waals surface area contributed by atoms with Crippen molar-refractivity contribution in [2.75, 3.05) is 36.4 Å². The third kappa shape index (κ3) is 15.0. The molecule has 65 heavy (non-hydrogen) atoms. The topological polar surface area (TPSA) is 163 Å². The molecule has 6 aliphatic rings. The van der Waals surface area contributed by atoms with Crippen LogP contribution < -0.4 is 10.2 Å². The molecule has 8 rings (SSSR count). The number of Topliss-reactive ketones (excluding diaryl/α,β-unsaturated/α-hetero) is 2. The highest BCUT2D eigenvalue weighted by molar-refractivity contribution is 6.03. The second-order valence-electron chi connectivity index (χ2n) is 20.4. The third-order valence-corrected chi connectivity index (χ3v) is 12.5. The zero-order chi connectivity index (χ0) is 46.9. The Morgan fingerprint density at radius 2 is 1.15 bits per heavy atom. The van der Waals surface area contributed by atoms with Crippen molar-refractivity contribution in [1.29, 1.82) is 0 Å². The normalized spacial score (nSPS) is 20.7. The van der Waals surface area contributed by atoms with Crippen molar-refractivity contribution in [3.05, 3.63) is 84.0 Å². The Kier molecular flexibility index (Phi) is 16.3. The fraction of sp³-hybridized carbons (Fsp3) is 0.577. The number of amides is 3. The number of para-hydroxylation sites is 2. The summed E-state index contributed by atoms with van der Waals surface area (Å²) in [6.45, 7) is 13.8. The zero-order valence-electron chi connectivity index (χ0n) is 39.3. The minimum Gasteiger partial charge on any atom is -0.478 e. The maximum Gasteiger partial charge on any atom is 0.410 e. The number of benzene rings is 2.